The minimum absolute atomic E-state index is 0.286. The Bertz CT molecular complexity index is 2100. The van der Waals surface area contributed by atoms with Crippen molar-refractivity contribution in [3.63, 3.8) is 0 Å². The number of rotatable bonds is 1. The van der Waals surface area contributed by atoms with Crippen LogP contribution in [-0.4, -0.2) is 8.07 Å². The molecule has 0 saturated carbocycles. The van der Waals surface area contributed by atoms with Crippen molar-refractivity contribution in [2.24, 2.45) is 0 Å². The summed E-state index contributed by atoms with van der Waals surface area (Å²) in [6.07, 6.45) is 7.60. The van der Waals surface area contributed by atoms with Crippen LogP contribution in [0.2, 0.25) is 19.6 Å². The topological polar surface area (TPSA) is 20.9 Å². The van der Waals surface area contributed by atoms with E-state index in [1.165, 1.54) is 55.2 Å². The Morgan fingerprint density at radius 1 is 0.814 bits per heavy atom. The van der Waals surface area contributed by atoms with Gasteiger partial charge in [0.2, 0.25) is 11.4 Å². The SMILES string of the molecule is C=C1CC2C(CCc3cc4oc5cc(C)ccc5c4cc3-c3cccc[n+]31)c1ccccc1-c1ccc([Si](C)(C)C)c[n+]12. The predicted molar refractivity (Wildman–Crippen MR) is 179 cm³/mol. The van der Waals surface area contributed by atoms with E-state index in [0.29, 0.717) is 5.92 Å². The van der Waals surface area contributed by atoms with Gasteiger partial charge in [-0.3, -0.25) is 0 Å². The molecule has 8 rings (SSSR count). The second kappa shape index (κ2) is 9.62. The quantitative estimate of drug-likeness (QED) is 0.142. The second-order valence-corrected chi connectivity index (χ2v) is 18.7. The molecule has 212 valence electrons. The summed E-state index contributed by atoms with van der Waals surface area (Å²) in [4.78, 5) is 0. The summed E-state index contributed by atoms with van der Waals surface area (Å²) >= 11 is 0. The number of fused-ring (bicyclic) bond motifs is 12. The summed E-state index contributed by atoms with van der Waals surface area (Å²) in [5.74, 6) is 0.370. The summed E-state index contributed by atoms with van der Waals surface area (Å²) in [6, 6.07) is 31.9. The van der Waals surface area contributed by atoms with Crippen LogP contribution in [0.1, 0.15) is 41.5 Å². The number of aromatic nitrogens is 2. The Hall–Kier alpha value is -4.28. The molecule has 0 radical (unpaired) electrons. The molecule has 2 unspecified atom stereocenters. The van der Waals surface area contributed by atoms with Crippen LogP contribution in [0, 0.1) is 6.92 Å². The molecule has 6 aromatic rings. The van der Waals surface area contributed by atoms with Crippen LogP contribution in [0.5, 0.6) is 0 Å². The molecule has 0 bridgehead atoms. The fraction of sp³-hybridized carbons (Fsp3) is 0.231. The van der Waals surface area contributed by atoms with Crippen LogP contribution in [0.3, 0.4) is 0 Å². The minimum Gasteiger partial charge on any atom is -0.456 e. The first kappa shape index (κ1) is 26.4. The Labute approximate surface area is 254 Å². The summed E-state index contributed by atoms with van der Waals surface area (Å²) < 4.78 is 11.4. The first-order valence-electron chi connectivity index (χ1n) is 15.6. The van der Waals surface area contributed by atoms with Gasteiger partial charge in [0.25, 0.3) is 0 Å². The van der Waals surface area contributed by atoms with Crippen molar-refractivity contribution in [2.75, 3.05) is 0 Å². The highest BCUT2D eigenvalue weighted by atomic mass is 28.3. The van der Waals surface area contributed by atoms with Gasteiger partial charge in [-0.2, -0.15) is 9.13 Å². The Morgan fingerprint density at radius 3 is 2.49 bits per heavy atom. The van der Waals surface area contributed by atoms with Crippen molar-refractivity contribution in [1.29, 1.82) is 0 Å². The zero-order chi connectivity index (χ0) is 29.5. The number of furan rings is 1. The highest BCUT2D eigenvalue weighted by molar-refractivity contribution is 6.88. The molecule has 2 aliphatic heterocycles. The molecule has 5 heterocycles. The maximum absolute atomic E-state index is 6.47. The Kier molecular flexibility index (Phi) is 5.89. The van der Waals surface area contributed by atoms with E-state index in [2.05, 4.69) is 133 Å². The lowest BCUT2D eigenvalue weighted by atomic mass is 9.77. The van der Waals surface area contributed by atoms with Crippen molar-refractivity contribution in [1.82, 2.24) is 0 Å². The van der Waals surface area contributed by atoms with Gasteiger partial charge < -0.3 is 4.42 Å². The number of hydrogen-bond acceptors (Lipinski definition) is 1. The average Bonchev–Trinajstić information content (AvgIpc) is 3.35. The van der Waals surface area contributed by atoms with Crippen LogP contribution < -0.4 is 14.3 Å². The average molecular weight is 579 g/mol. The molecule has 4 heteroatoms. The number of pyridine rings is 2. The molecule has 0 fully saturated rings. The molecule has 0 amide bonds. The normalized spacial score (nSPS) is 18.0. The number of allylic oxidation sites excluding steroid dienone is 1. The van der Waals surface area contributed by atoms with E-state index < -0.39 is 8.07 Å². The van der Waals surface area contributed by atoms with Gasteiger partial charge in [-0.1, -0.05) is 56.0 Å². The second-order valence-electron chi connectivity index (χ2n) is 13.6. The van der Waals surface area contributed by atoms with Crippen molar-refractivity contribution in [3.8, 4) is 22.5 Å². The van der Waals surface area contributed by atoms with Gasteiger partial charge >= 0.3 is 0 Å². The van der Waals surface area contributed by atoms with Gasteiger partial charge in [0.1, 0.15) is 11.2 Å². The lowest BCUT2D eigenvalue weighted by Gasteiger charge is -2.32. The van der Waals surface area contributed by atoms with Crippen LogP contribution in [0.4, 0.5) is 0 Å². The van der Waals surface area contributed by atoms with Crippen LogP contribution in [0.25, 0.3) is 50.2 Å². The molecule has 43 heavy (non-hydrogen) atoms. The molecular weight excluding hydrogens is 541 g/mol. The first-order chi connectivity index (χ1) is 20.8. The van der Waals surface area contributed by atoms with Gasteiger partial charge in [0.15, 0.2) is 24.1 Å². The van der Waals surface area contributed by atoms with Gasteiger partial charge in [0.05, 0.1) is 20.1 Å². The van der Waals surface area contributed by atoms with Gasteiger partial charge in [-0.15, -0.1) is 0 Å². The first-order valence-corrected chi connectivity index (χ1v) is 19.1. The van der Waals surface area contributed by atoms with E-state index in [4.69, 9.17) is 11.0 Å². The zero-order valence-electron chi connectivity index (χ0n) is 25.5. The molecule has 3 nitrogen and oxygen atoms in total. The Morgan fingerprint density at radius 2 is 1.63 bits per heavy atom. The largest absolute Gasteiger partial charge is 0.456 e. The molecule has 0 saturated heterocycles. The third-order valence-corrected chi connectivity index (χ3v) is 11.8. The predicted octanol–water partition coefficient (Wildman–Crippen LogP) is 8.49. The number of hydrogen-bond donors (Lipinski definition) is 0. The number of benzene rings is 3. The van der Waals surface area contributed by atoms with Crippen LogP contribution in [0.15, 0.2) is 108 Å². The van der Waals surface area contributed by atoms with Gasteiger partial charge in [-0.05, 0) is 73.4 Å². The minimum atomic E-state index is -1.51. The smallest absolute Gasteiger partial charge is 0.218 e. The van der Waals surface area contributed by atoms with E-state index in [1.54, 1.807) is 0 Å². The number of aryl methyl sites for hydroxylation is 2. The van der Waals surface area contributed by atoms with Gasteiger partial charge in [0, 0.05) is 45.6 Å². The zero-order valence-corrected chi connectivity index (χ0v) is 26.5. The molecule has 0 spiro atoms. The third kappa shape index (κ3) is 4.22. The highest BCUT2D eigenvalue weighted by Crippen LogP contribution is 2.44. The maximum Gasteiger partial charge on any atom is 0.218 e. The van der Waals surface area contributed by atoms with E-state index in [-0.39, 0.29) is 6.04 Å². The molecule has 3 aromatic heterocycles. The lowest BCUT2D eigenvalue weighted by Crippen LogP contribution is -2.53. The molecule has 0 aliphatic carbocycles. The molecule has 2 atom stereocenters. The van der Waals surface area contributed by atoms with Crippen molar-refractivity contribution < 1.29 is 13.6 Å². The summed E-state index contributed by atoms with van der Waals surface area (Å²) in [5, 5.41) is 3.85. The molecular formula is C39H38N2OSi+2. The van der Waals surface area contributed by atoms with Gasteiger partial charge in [-0.25, -0.2) is 0 Å². The highest BCUT2D eigenvalue weighted by Gasteiger charge is 2.43. The van der Waals surface area contributed by atoms with E-state index in [9.17, 15) is 0 Å². The van der Waals surface area contributed by atoms with Crippen LogP contribution >= 0.6 is 0 Å². The fourth-order valence-corrected chi connectivity index (χ4v) is 8.62. The van der Waals surface area contributed by atoms with Crippen molar-refractivity contribution >= 4 is 40.9 Å². The van der Waals surface area contributed by atoms with E-state index in [1.807, 2.05) is 0 Å². The van der Waals surface area contributed by atoms with E-state index >= 15 is 0 Å². The number of nitrogens with zero attached hydrogens (tertiary/aromatic N) is 2. The van der Waals surface area contributed by atoms with Crippen LogP contribution in [-0.2, 0) is 6.42 Å². The fourth-order valence-electron chi connectivity index (χ4n) is 7.51. The maximum atomic E-state index is 6.47. The van der Waals surface area contributed by atoms with E-state index in [0.717, 1.165) is 36.1 Å². The third-order valence-electron chi connectivity index (χ3n) is 9.80. The molecule has 2 aliphatic rings. The summed E-state index contributed by atoms with van der Waals surface area (Å²) in [5.41, 5.74) is 12.2. The monoisotopic (exact) mass is 578 g/mol. The van der Waals surface area contributed by atoms with Crippen molar-refractivity contribution in [2.45, 2.75) is 57.8 Å². The van der Waals surface area contributed by atoms with Crippen molar-refractivity contribution in [3.05, 3.63) is 121 Å². The molecule has 0 N–H and O–H groups in total. The summed E-state index contributed by atoms with van der Waals surface area (Å²) in [7, 11) is -1.51. The Balaban J connectivity index is 1.35. The lowest BCUT2D eigenvalue weighted by molar-refractivity contribution is -0.719. The summed E-state index contributed by atoms with van der Waals surface area (Å²) in [6.45, 7) is 14.2. The molecule has 3 aromatic carbocycles. The standard InChI is InChI=1S/C39H38N2OSi/c1-25-13-16-32-34-23-33-27(22-39(34)42-38(32)20-25)14-17-31-29-10-6-7-11-30(29)36-18-15-28(43(3,4)5)24-41(36)37(31)21-26(2)40-19-9-8-12-35(33)40/h6-13,15-16,18-20,22-24,31,37H,2,14,17,21H2,1,3-5H3/q+2.